The first-order chi connectivity index (χ1) is 21.2. The molecule has 9 nitrogen and oxygen atoms in total. The number of nitrogens with zero attached hydrogens (tertiary/aromatic N) is 2. The molecular formula is C35H36N2O7. The minimum Gasteiger partial charge on any atom is -0.463 e. The van der Waals surface area contributed by atoms with E-state index < -0.39 is 36.1 Å². The third-order valence-electron chi connectivity index (χ3n) is 7.54. The summed E-state index contributed by atoms with van der Waals surface area (Å²) in [6, 6.07) is 16.1. The number of ether oxygens (including phenoxy) is 3. The molecule has 0 aliphatic carbocycles. The molecule has 228 valence electrons. The molecule has 5 rings (SSSR count). The summed E-state index contributed by atoms with van der Waals surface area (Å²) >= 11 is 0. The van der Waals surface area contributed by atoms with Gasteiger partial charge in [-0.15, -0.1) is 0 Å². The van der Waals surface area contributed by atoms with E-state index in [1.165, 1.54) is 30.4 Å². The monoisotopic (exact) mass is 596 g/mol. The minimum absolute atomic E-state index is 0.119. The van der Waals surface area contributed by atoms with Gasteiger partial charge in [0.05, 0.1) is 10.9 Å². The molecule has 3 heterocycles. The standard InChI is InChI=1S/C35H36N2O7/c1-5-6-7-8-25-13-16-27(17-14-25)33-28(18-15-26-11-9-22(2)10-12-26)29-20-37(35(40)36-34(29)44-33)32-19-30(42-24(4)39)31(43-32)21-41-23(3)38/h9-14,16-17,20,30-32H,5-8,19,21H2,1-4H3/t30-,31+,32+/m0/s1. The van der Waals surface area contributed by atoms with Crippen molar-refractivity contribution in [3.63, 3.8) is 0 Å². The van der Waals surface area contributed by atoms with Crippen molar-refractivity contribution < 1.29 is 28.2 Å². The molecule has 44 heavy (non-hydrogen) atoms. The SMILES string of the molecule is CCCCCc1ccc(-c2oc3nc(=O)n([C@H]4C[C@H](OC(C)=O)[C@@H](COC(C)=O)O4)cc3c2C#Cc2ccc(C)cc2)cc1. The van der Waals surface area contributed by atoms with Gasteiger partial charge in [0.25, 0.3) is 0 Å². The Morgan fingerprint density at radius 1 is 1.02 bits per heavy atom. The number of hydrogen-bond acceptors (Lipinski definition) is 8. The van der Waals surface area contributed by atoms with E-state index in [4.69, 9.17) is 18.6 Å². The van der Waals surface area contributed by atoms with Crippen LogP contribution in [-0.2, 0) is 30.2 Å². The fourth-order valence-electron chi connectivity index (χ4n) is 5.24. The smallest absolute Gasteiger partial charge is 0.353 e. The van der Waals surface area contributed by atoms with E-state index >= 15 is 0 Å². The lowest BCUT2D eigenvalue weighted by atomic mass is 10.0. The summed E-state index contributed by atoms with van der Waals surface area (Å²) in [7, 11) is 0. The highest BCUT2D eigenvalue weighted by Crippen LogP contribution is 2.35. The highest BCUT2D eigenvalue weighted by Gasteiger charge is 2.40. The number of carbonyl (C=O) groups excluding carboxylic acids is 2. The van der Waals surface area contributed by atoms with Crippen LogP contribution >= 0.6 is 0 Å². The normalized spacial score (nSPS) is 17.7. The van der Waals surface area contributed by atoms with Gasteiger partial charge < -0.3 is 18.6 Å². The molecule has 0 unspecified atom stereocenters. The molecule has 9 heteroatoms. The van der Waals surface area contributed by atoms with Crippen molar-refractivity contribution in [3.05, 3.63) is 87.5 Å². The Balaban J connectivity index is 1.55. The van der Waals surface area contributed by atoms with Crippen LogP contribution in [-0.4, -0.2) is 40.3 Å². The topological polar surface area (TPSA) is 110 Å². The third-order valence-corrected chi connectivity index (χ3v) is 7.54. The second kappa shape index (κ2) is 13.7. The lowest BCUT2D eigenvalue weighted by Gasteiger charge is -2.17. The van der Waals surface area contributed by atoms with E-state index in [0.717, 1.165) is 36.0 Å². The number of hydrogen-bond donors (Lipinski definition) is 0. The Hall–Kier alpha value is -4.68. The number of carbonyl (C=O) groups is 2. The number of unbranched alkanes of at least 4 members (excludes halogenated alkanes) is 2. The fourth-order valence-corrected chi connectivity index (χ4v) is 5.24. The molecule has 0 amide bonds. The Kier molecular flexibility index (Phi) is 9.61. The van der Waals surface area contributed by atoms with E-state index in [-0.39, 0.29) is 18.7 Å². The van der Waals surface area contributed by atoms with E-state index in [2.05, 4.69) is 35.9 Å². The lowest BCUT2D eigenvalue weighted by molar-refractivity contribution is -0.155. The molecule has 0 radical (unpaired) electrons. The second-order valence-corrected chi connectivity index (χ2v) is 11.0. The molecular weight excluding hydrogens is 560 g/mol. The maximum absolute atomic E-state index is 13.2. The Morgan fingerprint density at radius 3 is 2.45 bits per heavy atom. The van der Waals surface area contributed by atoms with Crippen molar-refractivity contribution in [2.45, 2.75) is 78.2 Å². The van der Waals surface area contributed by atoms with Gasteiger partial charge in [0.15, 0.2) is 5.76 Å². The van der Waals surface area contributed by atoms with Crippen molar-refractivity contribution in [3.8, 4) is 23.2 Å². The number of fused-ring (bicyclic) bond motifs is 1. The summed E-state index contributed by atoms with van der Waals surface area (Å²) in [5, 5.41) is 0.544. The summed E-state index contributed by atoms with van der Waals surface area (Å²) in [6.07, 6.45) is 4.01. The summed E-state index contributed by atoms with van der Waals surface area (Å²) < 4.78 is 24.2. The first-order valence-corrected chi connectivity index (χ1v) is 14.9. The van der Waals surface area contributed by atoms with Crippen LogP contribution in [0.25, 0.3) is 22.4 Å². The van der Waals surface area contributed by atoms with Crippen molar-refractivity contribution in [1.82, 2.24) is 9.55 Å². The molecule has 1 aliphatic rings. The van der Waals surface area contributed by atoms with E-state index in [1.54, 1.807) is 6.20 Å². The molecule has 0 N–H and O–H groups in total. The van der Waals surface area contributed by atoms with Crippen LogP contribution in [0.15, 0.2) is 63.9 Å². The van der Waals surface area contributed by atoms with Crippen LogP contribution < -0.4 is 5.69 Å². The zero-order valence-corrected chi connectivity index (χ0v) is 25.4. The number of aromatic nitrogens is 2. The molecule has 1 saturated heterocycles. The molecule has 2 aromatic heterocycles. The summed E-state index contributed by atoms with van der Waals surface area (Å²) in [5.41, 5.74) is 4.18. The quantitative estimate of drug-likeness (QED) is 0.134. The predicted octanol–water partition coefficient (Wildman–Crippen LogP) is 5.88. The highest BCUT2D eigenvalue weighted by molar-refractivity contribution is 5.89. The zero-order chi connectivity index (χ0) is 31.2. The number of aryl methyl sites for hydroxylation is 2. The van der Waals surface area contributed by atoms with Crippen molar-refractivity contribution in [2.24, 2.45) is 0 Å². The van der Waals surface area contributed by atoms with Gasteiger partial charge in [-0.3, -0.25) is 14.2 Å². The Labute approximate surface area is 256 Å². The molecule has 1 fully saturated rings. The highest BCUT2D eigenvalue weighted by atomic mass is 16.6. The third kappa shape index (κ3) is 7.26. The average molecular weight is 597 g/mol. The van der Waals surface area contributed by atoms with Gasteiger partial charge in [-0.05, 0) is 37.5 Å². The van der Waals surface area contributed by atoms with Crippen LogP contribution in [0.2, 0.25) is 0 Å². The lowest BCUT2D eigenvalue weighted by Crippen LogP contribution is -2.31. The van der Waals surface area contributed by atoms with Gasteiger partial charge in [-0.2, -0.15) is 4.98 Å². The maximum atomic E-state index is 13.2. The second-order valence-electron chi connectivity index (χ2n) is 11.0. The Morgan fingerprint density at radius 2 is 1.77 bits per heavy atom. The van der Waals surface area contributed by atoms with Gasteiger partial charge in [-0.25, -0.2) is 4.79 Å². The predicted molar refractivity (Wildman–Crippen MR) is 165 cm³/mol. The zero-order valence-electron chi connectivity index (χ0n) is 25.4. The first kappa shape index (κ1) is 30.8. The molecule has 0 spiro atoms. The van der Waals surface area contributed by atoms with Crippen molar-refractivity contribution in [2.75, 3.05) is 6.61 Å². The summed E-state index contributed by atoms with van der Waals surface area (Å²) in [6.45, 7) is 6.66. The molecule has 2 aromatic carbocycles. The fraction of sp³-hybridized carbons (Fsp3) is 0.371. The first-order valence-electron chi connectivity index (χ1n) is 14.9. The van der Waals surface area contributed by atoms with Crippen LogP contribution in [0.3, 0.4) is 0 Å². The molecule has 3 atom stereocenters. The van der Waals surface area contributed by atoms with E-state index in [0.29, 0.717) is 16.7 Å². The van der Waals surface area contributed by atoms with Gasteiger partial charge in [0.2, 0.25) is 5.71 Å². The van der Waals surface area contributed by atoms with Crippen LogP contribution in [0, 0.1) is 18.8 Å². The largest absolute Gasteiger partial charge is 0.463 e. The molecule has 0 bridgehead atoms. The van der Waals surface area contributed by atoms with E-state index in [1.807, 2.05) is 43.3 Å². The maximum Gasteiger partial charge on any atom is 0.353 e. The van der Waals surface area contributed by atoms with Gasteiger partial charge in [0.1, 0.15) is 25.0 Å². The average Bonchev–Trinajstić information content (AvgIpc) is 3.55. The summed E-state index contributed by atoms with van der Waals surface area (Å²) in [5.74, 6) is 6.02. The molecule has 0 saturated carbocycles. The van der Waals surface area contributed by atoms with Crippen LogP contribution in [0.4, 0.5) is 0 Å². The summed E-state index contributed by atoms with van der Waals surface area (Å²) in [4.78, 5) is 40.7. The van der Waals surface area contributed by atoms with Crippen molar-refractivity contribution in [1.29, 1.82) is 0 Å². The Bertz CT molecular complexity index is 1760. The van der Waals surface area contributed by atoms with E-state index in [9.17, 15) is 14.4 Å². The number of rotatable bonds is 9. The van der Waals surface area contributed by atoms with Gasteiger partial charge >= 0.3 is 17.6 Å². The van der Waals surface area contributed by atoms with Gasteiger partial charge in [-0.1, -0.05) is 73.6 Å². The number of benzene rings is 2. The van der Waals surface area contributed by atoms with Gasteiger partial charge in [0, 0.05) is 37.6 Å². The molecule has 1 aliphatic heterocycles. The number of esters is 2. The minimum atomic E-state index is -0.817. The van der Waals surface area contributed by atoms with Crippen LogP contribution in [0.1, 0.15) is 74.9 Å². The molecule has 4 aromatic rings. The van der Waals surface area contributed by atoms with Crippen LogP contribution in [0.5, 0.6) is 0 Å². The number of furan rings is 1. The van der Waals surface area contributed by atoms with Crippen molar-refractivity contribution >= 4 is 23.0 Å².